The Morgan fingerprint density at radius 3 is 2.80 bits per heavy atom. The van der Waals surface area contributed by atoms with Crippen LogP contribution in [0.15, 0.2) is 24.5 Å². The van der Waals surface area contributed by atoms with Crippen molar-refractivity contribution in [2.75, 3.05) is 31.4 Å². The Morgan fingerprint density at radius 1 is 1.20 bits per heavy atom. The number of fused-ring (bicyclic) bond motifs is 1. The molecule has 0 bridgehead atoms. The lowest BCUT2D eigenvalue weighted by Gasteiger charge is -2.19. The fourth-order valence-electron chi connectivity index (χ4n) is 1.90. The molecule has 3 N–H and O–H groups in total. The number of nitrogen functional groups attached to an aromatic ring is 1. The summed E-state index contributed by atoms with van der Waals surface area (Å²) in [5, 5.41) is 3.11. The van der Waals surface area contributed by atoms with Crippen LogP contribution < -0.4 is 25.3 Å². The number of benzene rings is 1. The summed E-state index contributed by atoms with van der Waals surface area (Å²) in [4.78, 5) is 8.02. The number of ether oxygens (including phenoxy) is 3. The second-order valence-corrected chi connectivity index (χ2v) is 4.13. The van der Waals surface area contributed by atoms with Gasteiger partial charge in [-0.1, -0.05) is 0 Å². The summed E-state index contributed by atoms with van der Waals surface area (Å²) >= 11 is 0. The van der Waals surface area contributed by atoms with Crippen molar-refractivity contribution in [1.82, 2.24) is 9.97 Å². The van der Waals surface area contributed by atoms with Crippen molar-refractivity contribution in [3.05, 3.63) is 24.5 Å². The van der Waals surface area contributed by atoms with Crippen molar-refractivity contribution in [2.24, 2.45) is 0 Å². The van der Waals surface area contributed by atoms with E-state index in [4.69, 9.17) is 19.9 Å². The molecule has 0 unspecified atom stereocenters. The molecule has 7 heteroatoms. The number of methoxy groups -OCH3 is 1. The average molecular weight is 274 g/mol. The van der Waals surface area contributed by atoms with Crippen LogP contribution >= 0.6 is 0 Å². The summed E-state index contributed by atoms with van der Waals surface area (Å²) < 4.78 is 16.0. The normalized spacial score (nSPS) is 12.8. The number of aromatic nitrogens is 2. The number of anilines is 3. The van der Waals surface area contributed by atoms with Gasteiger partial charge in [-0.05, 0) is 12.1 Å². The van der Waals surface area contributed by atoms with Gasteiger partial charge in [0.15, 0.2) is 17.3 Å². The lowest BCUT2D eigenvalue weighted by atomic mass is 10.2. The standard InChI is InChI=1S/C13H14N4O3/c1-18-13-11(14)12(15-7-16-13)17-8-2-3-9-10(6-8)20-5-4-19-9/h2-3,6-7H,4-5,14H2,1H3,(H,15,16,17). The molecule has 0 amide bonds. The Bertz CT molecular complexity index is 633. The molecular weight excluding hydrogens is 260 g/mol. The third kappa shape index (κ3) is 2.25. The van der Waals surface area contributed by atoms with Gasteiger partial charge >= 0.3 is 0 Å². The largest absolute Gasteiger partial charge is 0.486 e. The van der Waals surface area contributed by atoms with Crippen LogP contribution in [0.2, 0.25) is 0 Å². The number of nitrogens with zero attached hydrogens (tertiary/aromatic N) is 2. The van der Waals surface area contributed by atoms with Crippen molar-refractivity contribution >= 4 is 17.2 Å². The first-order valence-electron chi connectivity index (χ1n) is 6.09. The molecule has 0 fully saturated rings. The van der Waals surface area contributed by atoms with Gasteiger partial charge in [0.2, 0.25) is 5.88 Å². The van der Waals surface area contributed by atoms with Crippen LogP contribution in [0.1, 0.15) is 0 Å². The second kappa shape index (κ2) is 5.12. The Kier molecular flexibility index (Phi) is 3.16. The first-order chi connectivity index (χ1) is 9.78. The van der Waals surface area contributed by atoms with E-state index in [1.165, 1.54) is 13.4 Å². The molecule has 1 aliphatic heterocycles. The second-order valence-electron chi connectivity index (χ2n) is 4.13. The monoisotopic (exact) mass is 274 g/mol. The Morgan fingerprint density at radius 2 is 2.00 bits per heavy atom. The van der Waals surface area contributed by atoms with Crippen LogP contribution in [-0.2, 0) is 0 Å². The van der Waals surface area contributed by atoms with Gasteiger partial charge in [0, 0.05) is 11.8 Å². The summed E-state index contributed by atoms with van der Waals surface area (Å²) in [7, 11) is 1.51. The summed E-state index contributed by atoms with van der Waals surface area (Å²) in [6.45, 7) is 1.11. The van der Waals surface area contributed by atoms with Gasteiger partial charge in [-0.25, -0.2) is 4.98 Å². The van der Waals surface area contributed by atoms with E-state index in [0.29, 0.717) is 36.3 Å². The predicted octanol–water partition coefficient (Wildman–Crippen LogP) is 1.58. The van der Waals surface area contributed by atoms with Gasteiger partial charge in [0.25, 0.3) is 0 Å². The molecule has 2 heterocycles. The predicted molar refractivity (Wildman–Crippen MR) is 73.7 cm³/mol. The van der Waals surface area contributed by atoms with Gasteiger partial charge in [-0.2, -0.15) is 4.98 Å². The first kappa shape index (κ1) is 12.3. The lowest BCUT2D eigenvalue weighted by molar-refractivity contribution is 0.171. The fraction of sp³-hybridized carbons (Fsp3) is 0.231. The van der Waals surface area contributed by atoms with Crippen molar-refractivity contribution in [3.63, 3.8) is 0 Å². The van der Waals surface area contributed by atoms with E-state index in [1.807, 2.05) is 18.2 Å². The molecule has 0 saturated carbocycles. The van der Waals surface area contributed by atoms with Crippen LogP contribution in [0, 0.1) is 0 Å². The highest BCUT2D eigenvalue weighted by Gasteiger charge is 2.13. The Labute approximate surface area is 115 Å². The molecule has 0 saturated heterocycles. The average Bonchev–Trinajstić information content (AvgIpc) is 2.49. The number of hydrogen-bond acceptors (Lipinski definition) is 7. The van der Waals surface area contributed by atoms with Gasteiger partial charge in [0.05, 0.1) is 7.11 Å². The smallest absolute Gasteiger partial charge is 0.242 e. The molecule has 0 atom stereocenters. The van der Waals surface area contributed by atoms with Crippen molar-refractivity contribution in [2.45, 2.75) is 0 Å². The molecule has 1 aliphatic rings. The maximum absolute atomic E-state index is 5.91. The number of nitrogens with two attached hydrogens (primary N) is 1. The topological polar surface area (TPSA) is 91.5 Å². The molecule has 0 radical (unpaired) electrons. The highest BCUT2D eigenvalue weighted by molar-refractivity contribution is 5.73. The number of hydrogen-bond donors (Lipinski definition) is 2. The van der Waals surface area contributed by atoms with E-state index in [2.05, 4.69) is 15.3 Å². The van der Waals surface area contributed by atoms with Crippen molar-refractivity contribution in [1.29, 1.82) is 0 Å². The minimum absolute atomic E-state index is 0.333. The Hall–Kier alpha value is -2.70. The molecule has 3 rings (SSSR count). The SMILES string of the molecule is COc1ncnc(Nc2ccc3c(c2)OCCO3)c1N. The number of rotatable bonds is 3. The van der Waals surface area contributed by atoms with Crippen LogP contribution in [0.3, 0.4) is 0 Å². The molecule has 0 spiro atoms. The minimum atomic E-state index is 0.333. The fourth-order valence-corrected chi connectivity index (χ4v) is 1.90. The van der Waals surface area contributed by atoms with E-state index in [0.717, 1.165) is 11.4 Å². The summed E-state index contributed by atoms with van der Waals surface area (Å²) in [5.41, 5.74) is 7.06. The zero-order valence-electron chi connectivity index (χ0n) is 10.9. The van der Waals surface area contributed by atoms with E-state index >= 15 is 0 Å². The van der Waals surface area contributed by atoms with Crippen molar-refractivity contribution < 1.29 is 14.2 Å². The van der Waals surface area contributed by atoms with E-state index in [1.54, 1.807) is 0 Å². The highest BCUT2D eigenvalue weighted by atomic mass is 16.6. The minimum Gasteiger partial charge on any atom is -0.486 e. The maximum atomic E-state index is 5.91. The van der Waals surface area contributed by atoms with E-state index < -0.39 is 0 Å². The third-order valence-corrected chi connectivity index (χ3v) is 2.85. The van der Waals surface area contributed by atoms with Gasteiger partial charge < -0.3 is 25.3 Å². The van der Waals surface area contributed by atoms with Crippen molar-refractivity contribution in [3.8, 4) is 17.4 Å². The van der Waals surface area contributed by atoms with Crippen LogP contribution in [0.5, 0.6) is 17.4 Å². The van der Waals surface area contributed by atoms with Crippen LogP contribution in [0.25, 0.3) is 0 Å². The lowest BCUT2D eigenvalue weighted by Crippen LogP contribution is -2.15. The molecule has 1 aromatic carbocycles. The third-order valence-electron chi connectivity index (χ3n) is 2.85. The highest BCUT2D eigenvalue weighted by Crippen LogP contribution is 2.34. The zero-order chi connectivity index (χ0) is 13.9. The molecule has 7 nitrogen and oxygen atoms in total. The summed E-state index contributed by atoms with van der Waals surface area (Å²) in [6.07, 6.45) is 1.38. The summed E-state index contributed by atoms with van der Waals surface area (Å²) in [6, 6.07) is 5.54. The molecule has 104 valence electrons. The van der Waals surface area contributed by atoms with Crippen LogP contribution in [0.4, 0.5) is 17.2 Å². The molecule has 1 aromatic heterocycles. The maximum Gasteiger partial charge on any atom is 0.242 e. The Balaban J connectivity index is 1.88. The van der Waals surface area contributed by atoms with Crippen LogP contribution in [-0.4, -0.2) is 30.3 Å². The molecular formula is C13H14N4O3. The molecule has 20 heavy (non-hydrogen) atoms. The first-order valence-corrected chi connectivity index (χ1v) is 6.09. The molecule has 2 aromatic rings. The van der Waals surface area contributed by atoms with Gasteiger partial charge in [-0.3, -0.25) is 0 Å². The van der Waals surface area contributed by atoms with E-state index in [9.17, 15) is 0 Å². The number of nitrogens with one attached hydrogen (secondary N) is 1. The van der Waals surface area contributed by atoms with Gasteiger partial charge in [0.1, 0.15) is 25.2 Å². The zero-order valence-corrected chi connectivity index (χ0v) is 10.9. The van der Waals surface area contributed by atoms with E-state index in [-0.39, 0.29) is 0 Å². The summed E-state index contributed by atoms with van der Waals surface area (Å²) in [5.74, 6) is 2.24. The van der Waals surface area contributed by atoms with Gasteiger partial charge in [-0.15, -0.1) is 0 Å². The quantitative estimate of drug-likeness (QED) is 0.877. The molecule has 0 aliphatic carbocycles.